The molecule has 1 aromatic rings. The first-order valence-corrected chi connectivity index (χ1v) is 12.6. The molecule has 0 aromatic carbocycles. The number of nitrogens with one attached hydrogen (secondary N) is 1. The molecule has 0 radical (unpaired) electrons. The van der Waals surface area contributed by atoms with E-state index >= 15 is 0 Å². The summed E-state index contributed by atoms with van der Waals surface area (Å²) in [6, 6.07) is 0.961. The van der Waals surface area contributed by atoms with Crippen LogP contribution in [0.3, 0.4) is 0 Å². The number of phosphoric acid groups is 3. The fraction of sp³-hybridized carbons (Fsp3) is 0.636. The predicted octanol–water partition coefficient (Wildman–Crippen LogP) is -1.87. The molecule has 0 saturated carbocycles. The van der Waals surface area contributed by atoms with Gasteiger partial charge in [-0.25, -0.2) is 18.5 Å². The predicted molar refractivity (Wildman–Crippen MR) is 97.8 cm³/mol. The Morgan fingerprint density at radius 1 is 1.12 bits per heavy atom. The summed E-state index contributed by atoms with van der Waals surface area (Å²) in [6.07, 6.45) is -3.61. The van der Waals surface area contributed by atoms with Crippen LogP contribution in [0, 0.1) is 0 Å². The molecule has 1 aliphatic heterocycles. The number of phosphoric ester groups is 1. The number of ether oxygens (including phenoxy) is 3. The van der Waals surface area contributed by atoms with Crippen molar-refractivity contribution in [2.45, 2.75) is 24.2 Å². The number of aliphatic hydroxyl groups is 1. The van der Waals surface area contributed by atoms with Crippen LogP contribution in [0.4, 0.5) is 0 Å². The largest absolute Gasteiger partial charge is 0.490 e. The highest BCUT2D eigenvalue weighted by Gasteiger charge is 2.58. The molecule has 184 valence electrons. The Morgan fingerprint density at radius 2 is 1.75 bits per heavy atom. The van der Waals surface area contributed by atoms with Gasteiger partial charge in [0.05, 0.1) is 0 Å². The highest BCUT2D eigenvalue weighted by atomic mass is 31.3. The molecular formula is C11H19N2O16P3. The minimum atomic E-state index is -5.78. The van der Waals surface area contributed by atoms with E-state index < -0.39 is 65.5 Å². The Balaban J connectivity index is 2.26. The standard InChI is InChI=1S/C11H19N2O16P3/c1-24-7-8(15)11(25-2,27-9(7)13-4-3-6(14)12-10(13)16)5-26-31(20,21)29-32(22,23)28-30(17,18)19/h3-4,7-9,15H,5H2,1-2H3,(H,20,21)(H,22,23)(H,12,14,16)(H2,17,18,19)/t7-,8+,9-,11-/m1/s1. The molecule has 0 amide bonds. The number of aliphatic hydroxyl groups excluding tert-OH is 1. The summed E-state index contributed by atoms with van der Waals surface area (Å²) in [4.78, 5) is 61.1. The molecule has 2 unspecified atom stereocenters. The van der Waals surface area contributed by atoms with E-state index in [1.807, 2.05) is 4.98 Å². The van der Waals surface area contributed by atoms with Crippen molar-refractivity contribution in [2.24, 2.45) is 0 Å². The highest BCUT2D eigenvalue weighted by molar-refractivity contribution is 7.66. The van der Waals surface area contributed by atoms with Gasteiger partial charge < -0.3 is 38.9 Å². The maximum Gasteiger partial charge on any atom is 0.490 e. The van der Waals surface area contributed by atoms with Crippen molar-refractivity contribution >= 4 is 23.5 Å². The molecule has 32 heavy (non-hydrogen) atoms. The van der Waals surface area contributed by atoms with Crippen LogP contribution in [0.5, 0.6) is 0 Å². The number of hydrogen-bond acceptors (Lipinski definition) is 12. The summed E-state index contributed by atoms with van der Waals surface area (Å²) in [7, 11) is -14.9. The lowest BCUT2D eigenvalue weighted by atomic mass is 10.1. The third kappa shape index (κ3) is 6.50. The zero-order valence-corrected chi connectivity index (χ0v) is 18.8. The number of hydrogen-bond donors (Lipinski definition) is 6. The van der Waals surface area contributed by atoms with E-state index in [4.69, 9.17) is 24.0 Å². The normalized spacial score (nSPS) is 30.0. The van der Waals surface area contributed by atoms with Gasteiger partial charge in [-0.1, -0.05) is 0 Å². The molecule has 1 fully saturated rings. The van der Waals surface area contributed by atoms with Crippen LogP contribution in [0.25, 0.3) is 0 Å². The van der Waals surface area contributed by atoms with E-state index in [0.717, 1.165) is 31.0 Å². The van der Waals surface area contributed by atoms with Crippen LogP contribution in [0.1, 0.15) is 6.23 Å². The van der Waals surface area contributed by atoms with Crippen LogP contribution in [-0.2, 0) is 41.1 Å². The average Bonchev–Trinajstić information content (AvgIpc) is 2.89. The lowest BCUT2D eigenvalue weighted by molar-refractivity contribution is -0.267. The summed E-state index contributed by atoms with van der Waals surface area (Å²) in [5.74, 6) is -2.33. The number of H-pyrrole nitrogens is 1. The maximum atomic E-state index is 12.1. The van der Waals surface area contributed by atoms with Crippen molar-refractivity contribution in [1.29, 1.82) is 0 Å². The topological polar surface area (TPSA) is 263 Å². The third-order valence-corrected chi connectivity index (χ3v) is 7.73. The molecule has 0 bridgehead atoms. The summed E-state index contributed by atoms with van der Waals surface area (Å²) in [5.41, 5.74) is -1.69. The molecule has 0 aliphatic carbocycles. The second kappa shape index (κ2) is 9.66. The Kier molecular flexibility index (Phi) is 8.20. The lowest BCUT2D eigenvalue weighted by Gasteiger charge is -2.30. The molecule has 1 saturated heterocycles. The molecule has 1 aromatic heterocycles. The SMILES string of the molecule is CO[C@H]1[C@H](n2ccc(=O)[nH]c2=O)O[C@@](COP(=O)(O)OP(=O)(O)OP(=O)(O)O)(OC)[C@H]1O. The lowest BCUT2D eigenvalue weighted by Crippen LogP contribution is -2.48. The fourth-order valence-electron chi connectivity index (χ4n) is 2.66. The quantitative estimate of drug-likeness (QED) is 0.182. The first-order chi connectivity index (χ1) is 14.5. The number of aromatic nitrogens is 2. The van der Waals surface area contributed by atoms with E-state index in [0.29, 0.717) is 0 Å². The van der Waals surface area contributed by atoms with Crippen molar-refractivity contribution in [2.75, 3.05) is 20.8 Å². The van der Waals surface area contributed by atoms with Gasteiger partial charge in [0.15, 0.2) is 6.23 Å². The molecule has 21 heteroatoms. The summed E-state index contributed by atoms with van der Waals surface area (Å²) in [5, 5.41) is 10.6. The Morgan fingerprint density at radius 3 is 2.25 bits per heavy atom. The summed E-state index contributed by atoms with van der Waals surface area (Å²) >= 11 is 0. The minimum absolute atomic E-state index is 0.732. The van der Waals surface area contributed by atoms with Crippen molar-refractivity contribution < 1.29 is 65.7 Å². The zero-order valence-electron chi connectivity index (χ0n) is 16.1. The van der Waals surface area contributed by atoms with E-state index in [1.54, 1.807) is 0 Å². The smallest absolute Gasteiger partial charge is 0.384 e. The molecular weight excluding hydrogens is 509 g/mol. The molecule has 6 atom stereocenters. The first kappa shape index (κ1) is 27.2. The molecule has 18 nitrogen and oxygen atoms in total. The van der Waals surface area contributed by atoms with Crippen LogP contribution < -0.4 is 11.2 Å². The molecule has 6 N–H and O–H groups in total. The molecule has 1 aliphatic rings. The van der Waals surface area contributed by atoms with Crippen molar-refractivity contribution in [3.05, 3.63) is 33.1 Å². The van der Waals surface area contributed by atoms with Crippen molar-refractivity contribution in [3.8, 4) is 0 Å². The second-order valence-electron chi connectivity index (χ2n) is 6.05. The van der Waals surface area contributed by atoms with E-state index in [-0.39, 0.29) is 0 Å². The van der Waals surface area contributed by atoms with Crippen molar-refractivity contribution in [1.82, 2.24) is 9.55 Å². The van der Waals surface area contributed by atoms with Gasteiger partial charge in [0, 0.05) is 26.5 Å². The van der Waals surface area contributed by atoms with Crippen LogP contribution >= 0.6 is 23.5 Å². The van der Waals surface area contributed by atoms with Crippen LogP contribution in [0.2, 0.25) is 0 Å². The molecule has 2 rings (SSSR count). The van der Waals surface area contributed by atoms with Crippen LogP contribution in [-0.4, -0.2) is 73.1 Å². The molecule has 2 heterocycles. The number of aromatic amines is 1. The monoisotopic (exact) mass is 528 g/mol. The number of methoxy groups -OCH3 is 2. The van der Waals surface area contributed by atoms with Crippen molar-refractivity contribution in [3.63, 3.8) is 0 Å². The van der Waals surface area contributed by atoms with Gasteiger partial charge in [-0.2, -0.15) is 8.62 Å². The highest BCUT2D eigenvalue weighted by Crippen LogP contribution is 2.66. The van der Waals surface area contributed by atoms with Crippen LogP contribution in [0.15, 0.2) is 21.9 Å². The Hall–Kier alpha value is -1.07. The van der Waals surface area contributed by atoms with Gasteiger partial charge in [0.1, 0.15) is 18.8 Å². The third-order valence-electron chi connectivity index (χ3n) is 3.95. The Labute approximate surface area is 177 Å². The van der Waals surface area contributed by atoms with E-state index in [2.05, 4.69) is 13.1 Å². The van der Waals surface area contributed by atoms with Gasteiger partial charge in [0.25, 0.3) is 5.56 Å². The Bertz CT molecular complexity index is 1080. The fourth-order valence-corrected chi connectivity index (χ4v) is 5.70. The first-order valence-electron chi connectivity index (χ1n) is 8.08. The average molecular weight is 528 g/mol. The van der Waals surface area contributed by atoms with Gasteiger partial charge in [-0.15, -0.1) is 0 Å². The number of rotatable bonds is 10. The van der Waals surface area contributed by atoms with Gasteiger partial charge in [-0.3, -0.25) is 18.9 Å². The van der Waals surface area contributed by atoms with E-state index in [1.165, 1.54) is 0 Å². The zero-order chi connectivity index (χ0) is 24.5. The van der Waals surface area contributed by atoms with Gasteiger partial charge in [0.2, 0.25) is 5.79 Å². The van der Waals surface area contributed by atoms with E-state index in [9.17, 15) is 38.2 Å². The van der Waals surface area contributed by atoms with Gasteiger partial charge in [-0.05, 0) is 0 Å². The molecule has 0 spiro atoms. The minimum Gasteiger partial charge on any atom is -0.384 e. The second-order valence-corrected chi connectivity index (χ2v) is 10.5. The summed E-state index contributed by atoms with van der Waals surface area (Å²) < 4.78 is 62.0. The number of nitrogens with zero attached hydrogens (tertiary/aromatic N) is 1. The van der Waals surface area contributed by atoms with Gasteiger partial charge >= 0.3 is 29.2 Å². The summed E-state index contributed by atoms with van der Waals surface area (Å²) in [6.45, 7) is -1.19. The maximum absolute atomic E-state index is 12.1.